The fraction of sp³-hybridized carbons (Fsp3) is 0.433. The summed E-state index contributed by atoms with van der Waals surface area (Å²) in [4.78, 5) is 15.8. The summed E-state index contributed by atoms with van der Waals surface area (Å²) in [6.07, 6.45) is 6.79. The van der Waals surface area contributed by atoms with E-state index in [-0.39, 0.29) is 5.78 Å². The van der Waals surface area contributed by atoms with Gasteiger partial charge in [0.2, 0.25) is 0 Å². The van der Waals surface area contributed by atoms with Gasteiger partial charge in [-0.3, -0.25) is 9.69 Å². The van der Waals surface area contributed by atoms with Crippen LogP contribution < -0.4 is 18.9 Å². The molecule has 0 amide bonds. The molecule has 6 heteroatoms. The van der Waals surface area contributed by atoms with E-state index in [4.69, 9.17) is 18.9 Å². The number of benzene rings is 2. The number of carbonyl (C=O) groups excluding carboxylic acids is 1. The van der Waals surface area contributed by atoms with E-state index in [1.54, 1.807) is 14.2 Å². The molecule has 2 aromatic carbocycles. The molecule has 1 heterocycles. The monoisotopic (exact) mass is 493 g/mol. The van der Waals surface area contributed by atoms with Crippen LogP contribution in [0.4, 0.5) is 0 Å². The molecule has 0 unspecified atom stereocenters. The minimum Gasteiger partial charge on any atom is -0.493 e. The molecule has 1 fully saturated rings. The maximum absolute atomic E-state index is 13.5. The summed E-state index contributed by atoms with van der Waals surface area (Å²) in [6.45, 7) is 9.71. The quantitative estimate of drug-likeness (QED) is 0.336. The molecular formula is C30H39NO5. The van der Waals surface area contributed by atoms with Gasteiger partial charge in [0.25, 0.3) is 0 Å². The number of hydrogen-bond acceptors (Lipinski definition) is 6. The Morgan fingerprint density at radius 1 is 0.722 bits per heavy atom. The van der Waals surface area contributed by atoms with Crippen LogP contribution in [0.15, 0.2) is 47.5 Å². The van der Waals surface area contributed by atoms with Gasteiger partial charge in [0.1, 0.15) is 0 Å². The van der Waals surface area contributed by atoms with Crippen LogP contribution in [0.5, 0.6) is 23.0 Å². The summed E-state index contributed by atoms with van der Waals surface area (Å²) >= 11 is 0. The lowest BCUT2D eigenvalue weighted by molar-refractivity contribution is -0.113. The Balaban J connectivity index is 1.92. The zero-order valence-corrected chi connectivity index (χ0v) is 22.3. The van der Waals surface area contributed by atoms with Crippen molar-refractivity contribution in [3.05, 3.63) is 58.7 Å². The van der Waals surface area contributed by atoms with Crippen LogP contribution in [0.3, 0.4) is 0 Å². The van der Waals surface area contributed by atoms with E-state index in [1.807, 2.05) is 48.6 Å². The van der Waals surface area contributed by atoms with Crippen LogP contribution in [0.25, 0.3) is 12.2 Å². The summed E-state index contributed by atoms with van der Waals surface area (Å²) in [5.41, 5.74) is 3.35. The molecule has 1 aliphatic heterocycles. The highest BCUT2D eigenvalue weighted by Crippen LogP contribution is 2.32. The highest BCUT2D eigenvalue weighted by Gasteiger charge is 2.26. The molecule has 0 aromatic heterocycles. The molecule has 0 spiro atoms. The predicted molar refractivity (Wildman–Crippen MR) is 145 cm³/mol. The van der Waals surface area contributed by atoms with Crippen molar-refractivity contribution in [3.8, 4) is 23.0 Å². The maximum Gasteiger partial charge on any atom is 0.187 e. The van der Waals surface area contributed by atoms with E-state index >= 15 is 0 Å². The molecule has 0 radical (unpaired) electrons. The van der Waals surface area contributed by atoms with Crippen molar-refractivity contribution in [2.24, 2.45) is 0 Å². The molecule has 0 atom stereocenters. The van der Waals surface area contributed by atoms with Gasteiger partial charge in [-0.15, -0.1) is 0 Å². The van der Waals surface area contributed by atoms with Crippen molar-refractivity contribution in [2.45, 2.75) is 40.0 Å². The van der Waals surface area contributed by atoms with E-state index in [1.165, 1.54) is 0 Å². The number of likely N-dealkylation sites (tertiary alicyclic amines) is 1. The molecule has 194 valence electrons. The number of methoxy groups -OCH3 is 2. The fourth-order valence-corrected chi connectivity index (χ4v) is 4.20. The van der Waals surface area contributed by atoms with Crippen LogP contribution in [0.2, 0.25) is 0 Å². The van der Waals surface area contributed by atoms with Crippen molar-refractivity contribution in [2.75, 3.05) is 47.1 Å². The number of hydrogen-bond donors (Lipinski definition) is 0. The zero-order chi connectivity index (χ0) is 25.9. The van der Waals surface area contributed by atoms with Crippen LogP contribution in [0, 0.1) is 0 Å². The average Bonchev–Trinajstić information content (AvgIpc) is 2.89. The van der Waals surface area contributed by atoms with E-state index in [0.717, 1.165) is 48.1 Å². The first-order valence-corrected chi connectivity index (χ1v) is 12.8. The van der Waals surface area contributed by atoms with Gasteiger partial charge in [0, 0.05) is 24.2 Å². The van der Waals surface area contributed by atoms with Gasteiger partial charge in [-0.25, -0.2) is 0 Å². The molecule has 36 heavy (non-hydrogen) atoms. The Bertz CT molecular complexity index is 1010. The number of Topliss-reactive ketones (excluding diaryl/α,β-unsaturated/α-hetero) is 1. The molecule has 2 aromatic rings. The molecule has 0 saturated carbocycles. The van der Waals surface area contributed by atoms with Crippen molar-refractivity contribution in [3.63, 3.8) is 0 Å². The molecule has 0 aliphatic carbocycles. The summed E-state index contributed by atoms with van der Waals surface area (Å²) in [5, 5.41) is 0. The maximum atomic E-state index is 13.5. The molecule has 0 bridgehead atoms. The number of rotatable bonds is 12. The Hall–Kier alpha value is -3.25. The summed E-state index contributed by atoms with van der Waals surface area (Å²) < 4.78 is 22.6. The van der Waals surface area contributed by atoms with Crippen molar-refractivity contribution in [1.29, 1.82) is 0 Å². The first-order valence-electron chi connectivity index (χ1n) is 12.8. The Morgan fingerprint density at radius 2 is 1.19 bits per heavy atom. The number of carbonyl (C=O) groups is 1. The summed E-state index contributed by atoms with van der Waals surface area (Å²) in [5.74, 6) is 2.83. The van der Waals surface area contributed by atoms with Gasteiger partial charge < -0.3 is 18.9 Å². The van der Waals surface area contributed by atoms with E-state index in [2.05, 4.69) is 25.7 Å². The fourth-order valence-electron chi connectivity index (χ4n) is 4.20. The minimum atomic E-state index is 0.0675. The molecule has 0 N–H and O–H groups in total. The molecule has 6 nitrogen and oxygen atoms in total. The second-order valence-corrected chi connectivity index (χ2v) is 8.90. The normalized spacial score (nSPS) is 16.4. The van der Waals surface area contributed by atoms with Gasteiger partial charge in [0.15, 0.2) is 28.8 Å². The molecule has 1 saturated heterocycles. The van der Waals surface area contributed by atoms with Gasteiger partial charge in [-0.2, -0.15) is 0 Å². The van der Waals surface area contributed by atoms with E-state index in [9.17, 15) is 4.79 Å². The molecule has 3 rings (SSSR count). The number of piperidine rings is 1. The average molecular weight is 494 g/mol. The first kappa shape index (κ1) is 27.3. The van der Waals surface area contributed by atoms with Crippen molar-refractivity contribution in [1.82, 2.24) is 4.90 Å². The smallest absolute Gasteiger partial charge is 0.187 e. The Kier molecular flexibility index (Phi) is 10.4. The van der Waals surface area contributed by atoms with Crippen molar-refractivity contribution < 1.29 is 23.7 Å². The Morgan fingerprint density at radius 3 is 1.58 bits per heavy atom. The first-order chi connectivity index (χ1) is 17.5. The lowest BCUT2D eigenvalue weighted by atomic mass is 9.94. The highest BCUT2D eigenvalue weighted by molar-refractivity contribution is 6.14. The van der Waals surface area contributed by atoms with Crippen LogP contribution >= 0.6 is 0 Å². The van der Waals surface area contributed by atoms with Gasteiger partial charge in [-0.1, -0.05) is 32.9 Å². The predicted octanol–water partition coefficient (Wildman–Crippen LogP) is 6.04. The SMILES string of the molecule is CCCOc1ccc(/C=C2\CN(CCC)C/C(=C\c3ccc(OCCC)c(OC)c3)C2=O)cc1OC. The second kappa shape index (κ2) is 13.7. The summed E-state index contributed by atoms with van der Waals surface area (Å²) in [7, 11) is 3.26. The second-order valence-electron chi connectivity index (χ2n) is 8.90. The topological polar surface area (TPSA) is 57.2 Å². The molecular weight excluding hydrogens is 454 g/mol. The van der Waals surface area contributed by atoms with Crippen LogP contribution in [0.1, 0.15) is 51.2 Å². The van der Waals surface area contributed by atoms with E-state index < -0.39 is 0 Å². The van der Waals surface area contributed by atoms with Crippen LogP contribution in [-0.2, 0) is 4.79 Å². The third kappa shape index (κ3) is 7.14. The highest BCUT2D eigenvalue weighted by atomic mass is 16.5. The van der Waals surface area contributed by atoms with Gasteiger partial charge in [0.05, 0.1) is 27.4 Å². The largest absolute Gasteiger partial charge is 0.493 e. The Labute approximate surface area is 215 Å². The number of nitrogens with zero attached hydrogens (tertiary/aromatic N) is 1. The van der Waals surface area contributed by atoms with Crippen LogP contribution in [-0.4, -0.2) is 57.8 Å². The lowest BCUT2D eigenvalue weighted by Gasteiger charge is -2.29. The third-order valence-corrected chi connectivity index (χ3v) is 5.89. The third-order valence-electron chi connectivity index (χ3n) is 5.89. The molecule has 1 aliphatic rings. The lowest BCUT2D eigenvalue weighted by Crippen LogP contribution is -2.38. The zero-order valence-electron chi connectivity index (χ0n) is 22.3. The van der Waals surface area contributed by atoms with E-state index in [0.29, 0.717) is 49.3 Å². The van der Waals surface area contributed by atoms with Gasteiger partial charge >= 0.3 is 0 Å². The number of ether oxygens (including phenoxy) is 4. The minimum absolute atomic E-state index is 0.0675. The standard InChI is InChI=1S/C30H39NO5/c1-6-13-31-20-24(16-22-9-11-26(35-14-7-2)28(18-22)33-4)30(32)25(21-31)17-23-10-12-27(36-15-8-3)29(19-23)34-5/h9-12,16-19H,6-8,13-15,20-21H2,1-5H3/b24-16+,25-17+. The van der Waals surface area contributed by atoms with Gasteiger partial charge in [-0.05, 0) is 73.4 Å². The summed E-state index contributed by atoms with van der Waals surface area (Å²) in [6, 6.07) is 11.6. The number of ketones is 1. The van der Waals surface area contributed by atoms with Crippen molar-refractivity contribution >= 4 is 17.9 Å².